The number of carbonyl (C=O) groups is 2. The first-order valence-corrected chi connectivity index (χ1v) is 17.2. The molecule has 274 valence electrons. The van der Waals surface area contributed by atoms with E-state index in [0.29, 0.717) is 31.7 Å². The molecule has 1 unspecified atom stereocenters. The molecule has 1 aliphatic heterocycles. The highest BCUT2D eigenvalue weighted by Gasteiger charge is 2.32. The molecule has 0 radical (unpaired) electrons. The monoisotopic (exact) mass is 730 g/mol. The van der Waals surface area contributed by atoms with E-state index in [4.69, 9.17) is 21.1 Å². The van der Waals surface area contributed by atoms with E-state index < -0.39 is 23.8 Å². The number of anilines is 1. The van der Waals surface area contributed by atoms with E-state index in [1.54, 1.807) is 33.2 Å². The van der Waals surface area contributed by atoms with Crippen LogP contribution in [-0.4, -0.2) is 69.9 Å². The summed E-state index contributed by atoms with van der Waals surface area (Å²) in [6, 6.07) is 11.8. The lowest BCUT2D eigenvalue weighted by Crippen LogP contribution is -2.39. The molecule has 5 rings (SSSR count). The fourth-order valence-electron chi connectivity index (χ4n) is 5.64. The summed E-state index contributed by atoms with van der Waals surface area (Å²) in [7, 11) is 0. The standard InChI is InChI=1S/C36H42ClF3N6O5/c1-35(2,3)51-34(48)45(23-24-8-9-31(28(37)19-24)50-36(38,39)40)17-12-32(47)43-14-6-13-42-29-20-26(25-10-15-41-16-11-25)21-30-27(29)22-44-46(30)33-7-4-5-18-49-33/h8-11,15-16,19-22,33,42H,4-7,12-14,17-18,23H2,1-3H3,(H,43,47). The number of nitrogens with zero attached hydrogens (tertiary/aromatic N) is 4. The molecule has 0 aliphatic carbocycles. The summed E-state index contributed by atoms with van der Waals surface area (Å²) in [4.78, 5) is 31.3. The number of amides is 2. The topological polar surface area (TPSA) is 120 Å². The molecule has 1 aliphatic rings. The van der Waals surface area contributed by atoms with E-state index in [0.717, 1.165) is 53.0 Å². The summed E-state index contributed by atoms with van der Waals surface area (Å²) in [5.74, 6) is -0.827. The van der Waals surface area contributed by atoms with E-state index >= 15 is 0 Å². The van der Waals surface area contributed by atoms with Crippen molar-refractivity contribution in [3.05, 3.63) is 71.6 Å². The Kier molecular flexibility index (Phi) is 12.3. The molecule has 1 fully saturated rings. The number of carbonyl (C=O) groups excluding carboxylic acids is 2. The Morgan fingerprint density at radius 1 is 1.06 bits per heavy atom. The van der Waals surface area contributed by atoms with Crippen molar-refractivity contribution in [1.29, 1.82) is 0 Å². The van der Waals surface area contributed by atoms with Gasteiger partial charge in [-0.3, -0.25) is 9.78 Å². The molecule has 0 spiro atoms. The van der Waals surface area contributed by atoms with Crippen LogP contribution in [0.1, 0.15) is 64.7 Å². The molecular weight excluding hydrogens is 689 g/mol. The lowest BCUT2D eigenvalue weighted by atomic mass is 10.0. The first-order chi connectivity index (χ1) is 24.3. The Bertz CT molecular complexity index is 1790. The Labute approximate surface area is 299 Å². The summed E-state index contributed by atoms with van der Waals surface area (Å²) in [6.45, 7) is 6.75. The molecule has 2 amide bonds. The quantitative estimate of drug-likeness (QED) is 0.133. The molecule has 51 heavy (non-hydrogen) atoms. The van der Waals surface area contributed by atoms with Crippen molar-refractivity contribution in [2.24, 2.45) is 0 Å². The lowest BCUT2D eigenvalue weighted by molar-refractivity contribution is -0.274. The molecule has 11 nitrogen and oxygen atoms in total. The van der Waals surface area contributed by atoms with E-state index in [-0.39, 0.29) is 36.7 Å². The van der Waals surface area contributed by atoms with Gasteiger partial charge < -0.3 is 29.7 Å². The van der Waals surface area contributed by atoms with Gasteiger partial charge in [-0.15, -0.1) is 13.2 Å². The third kappa shape index (κ3) is 11.0. The van der Waals surface area contributed by atoms with Gasteiger partial charge in [0.15, 0.2) is 6.23 Å². The number of pyridine rings is 1. The van der Waals surface area contributed by atoms with Crippen molar-refractivity contribution in [3.8, 4) is 16.9 Å². The second-order valence-corrected chi connectivity index (χ2v) is 13.6. The van der Waals surface area contributed by atoms with Crippen LogP contribution in [0.2, 0.25) is 5.02 Å². The van der Waals surface area contributed by atoms with Gasteiger partial charge in [0.1, 0.15) is 11.4 Å². The smallest absolute Gasteiger partial charge is 0.444 e. The van der Waals surface area contributed by atoms with Gasteiger partial charge in [0.05, 0.1) is 16.7 Å². The summed E-state index contributed by atoms with van der Waals surface area (Å²) in [6.07, 6.45) is 3.29. The number of nitrogens with one attached hydrogen (secondary N) is 2. The number of rotatable bonds is 13. The Morgan fingerprint density at radius 3 is 2.53 bits per heavy atom. The van der Waals surface area contributed by atoms with Crippen LogP contribution in [0.3, 0.4) is 0 Å². The van der Waals surface area contributed by atoms with Crippen LogP contribution in [0.5, 0.6) is 5.75 Å². The van der Waals surface area contributed by atoms with Crippen molar-refractivity contribution < 1.29 is 37.0 Å². The number of aromatic nitrogens is 3. The number of halogens is 4. The predicted octanol–water partition coefficient (Wildman–Crippen LogP) is 8.10. The van der Waals surface area contributed by atoms with Gasteiger partial charge in [-0.05, 0) is 99.5 Å². The highest BCUT2D eigenvalue weighted by atomic mass is 35.5. The maximum Gasteiger partial charge on any atom is 0.573 e. The number of fused-ring (bicyclic) bond motifs is 1. The van der Waals surface area contributed by atoms with E-state index in [9.17, 15) is 22.8 Å². The van der Waals surface area contributed by atoms with E-state index in [1.165, 1.54) is 17.0 Å². The average Bonchev–Trinajstić information content (AvgIpc) is 3.51. The molecular formula is C36H42ClF3N6O5. The number of benzene rings is 2. The SMILES string of the molecule is CC(C)(C)OC(=O)N(CCC(=O)NCCCNc1cc(-c2ccncc2)cc2c1cnn2C1CCCCO1)Cc1ccc(OC(F)(F)F)c(Cl)c1. The highest BCUT2D eigenvalue weighted by molar-refractivity contribution is 6.32. The van der Waals surface area contributed by atoms with Crippen LogP contribution in [0.15, 0.2) is 61.1 Å². The molecule has 1 atom stereocenters. The van der Waals surface area contributed by atoms with Gasteiger partial charge >= 0.3 is 12.5 Å². The van der Waals surface area contributed by atoms with Crippen LogP contribution < -0.4 is 15.4 Å². The van der Waals surface area contributed by atoms with Crippen LogP contribution in [0.25, 0.3) is 22.0 Å². The van der Waals surface area contributed by atoms with Gasteiger partial charge in [0.25, 0.3) is 0 Å². The largest absolute Gasteiger partial charge is 0.573 e. The molecule has 1 saturated heterocycles. The van der Waals surface area contributed by atoms with Gasteiger partial charge in [0.2, 0.25) is 5.91 Å². The molecule has 4 aromatic rings. The zero-order chi connectivity index (χ0) is 36.6. The van der Waals surface area contributed by atoms with Gasteiger partial charge in [0, 0.05) is 62.7 Å². The summed E-state index contributed by atoms with van der Waals surface area (Å²) in [5, 5.41) is 11.8. The molecule has 3 heterocycles. The van der Waals surface area contributed by atoms with Gasteiger partial charge in [-0.25, -0.2) is 9.48 Å². The Balaban J connectivity index is 1.17. The van der Waals surface area contributed by atoms with Gasteiger partial charge in [-0.2, -0.15) is 5.10 Å². The Hall–Kier alpha value is -4.56. The second-order valence-electron chi connectivity index (χ2n) is 13.2. The fourth-order valence-corrected chi connectivity index (χ4v) is 5.89. The third-order valence-corrected chi connectivity index (χ3v) is 8.30. The zero-order valence-electron chi connectivity index (χ0n) is 28.8. The third-order valence-electron chi connectivity index (χ3n) is 8.01. The van der Waals surface area contributed by atoms with Crippen LogP contribution >= 0.6 is 11.6 Å². The average molecular weight is 731 g/mol. The Morgan fingerprint density at radius 2 is 1.84 bits per heavy atom. The van der Waals surface area contributed by atoms with Gasteiger partial charge in [-0.1, -0.05) is 17.7 Å². The summed E-state index contributed by atoms with van der Waals surface area (Å²) < 4.78 is 55.4. The predicted molar refractivity (Wildman–Crippen MR) is 187 cm³/mol. The van der Waals surface area contributed by atoms with Crippen molar-refractivity contribution in [2.75, 3.05) is 31.6 Å². The van der Waals surface area contributed by atoms with Crippen LogP contribution in [0.4, 0.5) is 23.7 Å². The number of hydrogen-bond donors (Lipinski definition) is 2. The van der Waals surface area contributed by atoms with Crippen molar-refractivity contribution >= 4 is 40.2 Å². The molecule has 15 heteroatoms. The minimum absolute atomic E-state index is 0.00585. The molecule has 2 N–H and O–H groups in total. The van der Waals surface area contributed by atoms with E-state index in [1.807, 2.05) is 23.0 Å². The minimum atomic E-state index is -4.90. The molecule has 2 aromatic heterocycles. The first kappa shape index (κ1) is 37.7. The zero-order valence-corrected chi connectivity index (χ0v) is 29.5. The molecule has 0 saturated carbocycles. The summed E-state index contributed by atoms with van der Waals surface area (Å²) in [5.41, 5.74) is 3.55. The number of ether oxygens (including phenoxy) is 3. The second kappa shape index (κ2) is 16.6. The van der Waals surface area contributed by atoms with E-state index in [2.05, 4.69) is 37.6 Å². The minimum Gasteiger partial charge on any atom is -0.444 e. The van der Waals surface area contributed by atoms with Crippen LogP contribution in [-0.2, 0) is 20.8 Å². The maximum atomic E-state index is 13.0. The van der Waals surface area contributed by atoms with Crippen molar-refractivity contribution in [1.82, 2.24) is 25.0 Å². The van der Waals surface area contributed by atoms with Crippen molar-refractivity contribution in [2.45, 2.75) is 77.6 Å². The normalized spacial score (nSPS) is 15.0. The highest BCUT2D eigenvalue weighted by Crippen LogP contribution is 2.34. The first-order valence-electron chi connectivity index (χ1n) is 16.8. The van der Waals surface area contributed by atoms with Crippen LogP contribution in [0, 0.1) is 0 Å². The maximum absolute atomic E-state index is 13.0. The number of alkyl halides is 3. The lowest BCUT2D eigenvalue weighted by Gasteiger charge is -2.27. The van der Waals surface area contributed by atoms with Crippen molar-refractivity contribution in [3.63, 3.8) is 0 Å². The molecule has 0 bridgehead atoms. The number of hydrogen-bond acceptors (Lipinski definition) is 8. The molecule has 2 aromatic carbocycles. The summed E-state index contributed by atoms with van der Waals surface area (Å²) >= 11 is 6.01. The fraction of sp³-hybridized carbons (Fsp3) is 0.444.